The van der Waals surface area contributed by atoms with E-state index in [0.717, 1.165) is 57.8 Å². The molecule has 0 spiro atoms. The molecule has 0 aliphatic rings. The zero-order valence-electron chi connectivity index (χ0n) is 36.9. The number of hydrogen-bond donors (Lipinski definition) is 0. The van der Waals surface area contributed by atoms with E-state index in [2.05, 4.69) is 9.97 Å². The summed E-state index contributed by atoms with van der Waals surface area (Å²) in [6.45, 7) is 3.89. The van der Waals surface area contributed by atoms with E-state index in [9.17, 15) is 16.8 Å². The Morgan fingerprint density at radius 2 is 0.706 bits per heavy atom. The summed E-state index contributed by atoms with van der Waals surface area (Å²) in [5.41, 5.74) is 1.96. The van der Waals surface area contributed by atoms with Crippen LogP contribution in [0.1, 0.15) is 27.7 Å². The Labute approximate surface area is 450 Å². The molecule has 18 nitrogen and oxygen atoms in total. The number of rotatable bonds is 6. The topological polar surface area (TPSA) is 271 Å². The molecule has 68 heavy (non-hydrogen) atoms. The van der Waals surface area contributed by atoms with Crippen LogP contribution in [0.4, 0.5) is 11.4 Å². The maximum Gasteiger partial charge on any atom is 2.00 e. The largest absolute Gasteiger partial charge is 2.00 e. The Hall–Kier alpha value is -3.81. The summed E-state index contributed by atoms with van der Waals surface area (Å²) in [5, 5.41) is 38.8. The molecule has 378 valence electrons. The average molecular weight is 1280 g/mol. The van der Waals surface area contributed by atoms with Crippen LogP contribution >= 0.6 is 69.6 Å². The third-order valence-electron chi connectivity index (χ3n) is 6.75. The van der Waals surface area contributed by atoms with Crippen LogP contribution in [0, 0.1) is 0 Å². The molecule has 2 aromatic heterocycles. The van der Waals surface area contributed by atoms with E-state index in [-0.39, 0.29) is 48.7 Å². The van der Waals surface area contributed by atoms with Crippen molar-refractivity contribution in [1.82, 2.24) is 17.9 Å². The number of carboxylic acid groups (broad SMARTS) is 4. The van der Waals surface area contributed by atoms with Gasteiger partial charge in [0.1, 0.15) is 12.7 Å². The maximum atomic E-state index is 12.7. The van der Waals surface area contributed by atoms with Crippen LogP contribution in [0.3, 0.4) is 0 Å². The second kappa shape index (κ2) is 36.2. The van der Waals surface area contributed by atoms with Crippen LogP contribution < -0.4 is 30.2 Å². The van der Waals surface area contributed by atoms with Gasteiger partial charge in [0.05, 0.1) is 9.79 Å². The predicted molar refractivity (Wildman–Crippen MR) is 252 cm³/mol. The van der Waals surface area contributed by atoms with Gasteiger partial charge in [0, 0.05) is 110 Å². The molecule has 0 bridgehead atoms. The summed E-state index contributed by atoms with van der Waals surface area (Å²) in [6, 6.07) is 21.9. The molecule has 0 unspecified atom stereocenters. The molecule has 0 aliphatic carbocycles. The van der Waals surface area contributed by atoms with Gasteiger partial charge < -0.3 is 49.4 Å². The number of anilines is 2. The van der Waals surface area contributed by atoms with Gasteiger partial charge in [0.15, 0.2) is 8.59 Å². The quantitative estimate of drug-likeness (QED) is 0.170. The van der Waals surface area contributed by atoms with E-state index in [1.54, 1.807) is 24.3 Å². The number of aliphatic carboxylic acids is 4. The molecule has 0 atom stereocenters. The SMILES string of the molecule is CC(=O)[O-].CC(=O)[O-].CC(=O)[O-].CC(=O)[O-].CN(C)c1cccc2c(S(=O)(=O)n3ccnc3)cccc12.CN(C)c1cccc2c(S(=O)(=O)n3ccnc3)cccc12.ClC(Cl)Cl.ClC(Cl)Cl.[Rh+2].[Rh+2]. The van der Waals surface area contributed by atoms with E-state index in [1.807, 2.05) is 86.5 Å². The number of nitrogens with zero attached hydrogens (tertiary/aromatic N) is 6. The Balaban J connectivity index is -0.000000403. The number of carboxylic acids is 4. The molecular formula is C40H44Cl6N6O12Rh2S2. The van der Waals surface area contributed by atoms with Crippen LogP contribution in [0.15, 0.2) is 120 Å². The number of imidazole rings is 2. The fraction of sp³-hybridized carbons (Fsp3) is 0.250. The fourth-order valence-corrected chi connectivity index (χ4v) is 7.42. The van der Waals surface area contributed by atoms with Gasteiger partial charge in [-0.2, -0.15) is 0 Å². The zero-order valence-corrected chi connectivity index (χ0v) is 46.3. The molecule has 2 heterocycles. The second-order valence-electron chi connectivity index (χ2n) is 12.3. The Morgan fingerprint density at radius 1 is 0.485 bits per heavy atom. The van der Waals surface area contributed by atoms with Crippen molar-refractivity contribution in [1.29, 1.82) is 0 Å². The molecular weight excluding hydrogens is 1240 g/mol. The summed E-state index contributed by atoms with van der Waals surface area (Å²) >= 11 is 28.8. The summed E-state index contributed by atoms with van der Waals surface area (Å²) in [7, 11) is 0.487. The monoisotopic (exact) mass is 1280 g/mol. The summed E-state index contributed by atoms with van der Waals surface area (Å²) in [5.74, 6) is -4.33. The van der Waals surface area contributed by atoms with Gasteiger partial charge in [-0.15, -0.1) is 0 Å². The number of halogens is 6. The van der Waals surface area contributed by atoms with Gasteiger partial charge >= 0.3 is 39.0 Å². The fourth-order valence-electron chi connectivity index (χ4n) is 4.76. The van der Waals surface area contributed by atoms with E-state index in [4.69, 9.17) is 109 Å². The first kappa shape index (κ1) is 70.7. The van der Waals surface area contributed by atoms with Gasteiger partial charge in [0.2, 0.25) is 0 Å². The number of carbonyl (C=O) groups excluding carboxylic acids is 4. The van der Waals surface area contributed by atoms with Crippen molar-refractivity contribution in [2.24, 2.45) is 0 Å². The van der Waals surface area contributed by atoms with Gasteiger partial charge in [-0.3, -0.25) is 0 Å². The molecule has 4 aromatic carbocycles. The van der Waals surface area contributed by atoms with Crippen LogP contribution in [0.5, 0.6) is 0 Å². The van der Waals surface area contributed by atoms with Crippen molar-refractivity contribution in [3.63, 3.8) is 0 Å². The third kappa shape index (κ3) is 28.6. The number of fused-ring (bicyclic) bond motifs is 2. The van der Waals surface area contributed by atoms with Crippen molar-refractivity contribution in [2.45, 2.75) is 46.1 Å². The first-order valence-corrected chi connectivity index (χ1v) is 23.3. The van der Waals surface area contributed by atoms with E-state index in [1.165, 1.54) is 37.4 Å². The first-order valence-electron chi connectivity index (χ1n) is 17.8. The van der Waals surface area contributed by atoms with E-state index < -0.39 is 52.5 Å². The number of aromatic nitrogens is 4. The van der Waals surface area contributed by atoms with Crippen LogP contribution in [0.25, 0.3) is 21.5 Å². The van der Waals surface area contributed by atoms with Crippen LogP contribution in [0.2, 0.25) is 0 Å². The van der Waals surface area contributed by atoms with Gasteiger partial charge in [-0.1, -0.05) is 118 Å². The molecule has 0 N–H and O–H groups in total. The third-order valence-corrected chi connectivity index (χ3v) is 10.1. The Morgan fingerprint density at radius 3 is 0.912 bits per heavy atom. The van der Waals surface area contributed by atoms with Crippen molar-refractivity contribution in [3.05, 3.63) is 110 Å². The molecule has 0 saturated carbocycles. The molecule has 0 fully saturated rings. The summed E-state index contributed by atoms with van der Waals surface area (Å²) in [4.78, 5) is 47.7. The second-order valence-corrected chi connectivity index (χ2v) is 19.9. The normalized spacial score (nSPS) is 9.76. The molecule has 6 aromatic rings. The van der Waals surface area contributed by atoms with E-state index >= 15 is 0 Å². The average Bonchev–Trinajstić information content (AvgIpc) is 3.93. The van der Waals surface area contributed by atoms with E-state index in [0.29, 0.717) is 10.8 Å². The zero-order chi connectivity index (χ0) is 51.5. The van der Waals surface area contributed by atoms with Crippen molar-refractivity contribution >= 4 is 146 Å². The number of benzene rings is 4. The van der Waals surface area contributed by atoms with Crippen LogP contribution in [-0.4, -0.2) is 95.4 Å². The smallest absolute Gasteiger partial charge is 0.550 e. The molecule has 0 saturated heterocycles. The number of alkyl halides is 6. The first-order chi connectivity index (χ1) is 30.4. The minimum atomic E-state index is -3.63. The van der Waals surface area contributed by atoms with Gasteiger partial charge in [-0.25, -0.2) is 34.7 Å². The Kier molecular flexibility index (Phi) is 37.6. The predicted octanol–water partition coefficient (Wildman–Crippen LogP) is 3.67. The number of carbonyl (C=O) groups is 4. The maximum absolute atomic E-state index is 12.7. The van der Waals surface area contributed by atoms with Crippen molar-refractivity contribution < 1.29 is 95.4 Å². The molecule has 6 rings (SSSR count). The number of hydrogen-bond acceptors (Lipinski definition) is 16. The molecule has 2 radical (unpaired) electrons. The van der Waals surface area contributed by atoms with Gasteiger partial charge in [0.25, 0.3) is 20.0 Å². The molecule has 0 aliphatic heterocycles. The molecule has 0 amide bonds. The minimum Gasteiger partial charge on any atom is -0.550 e. The van der Waals surface area contributed by atoms with Crippen molar-refractivity contribution in [3.8, 4) is 0 Å². The van der Waals surface area contributed by atoms with Gasteiger partial charge in [-0.05, 0) is 52.0 Å². The molecule has 28 heteroatoms. The van der Waals surface area contributed by atoms with Crippen LogP contribution in [-0.2, 0) is 78.2 Å². The standard InChI is InChI=1S/2C15H15N3O2S.4C2H4O2.2CHCl3.2Rh/c2*1-17(2)14-7-3-6-13-12(14)5-4-8-15(13)21(19,20)18-10-9-16-11-18;4*1-2(3)4;2*2-1(3)4;;/h2*3-11H,1-2H3;4*1H3,(H,3,4);2*1H;;/q;;;;;;;;2*+2/p-4. The Bertz CT molecular complexity index is 2420. The van der Waals surface area contributed by atoms with Crippen molar-refractivity contribution in [2.75, 3.05) is 38.0 Å². The summed E-state index contributed by atoms with van der Waals surface area (Å²) in [6.07, 6.45) is 8.36. The summed E-state index contributed by atoms with van der Waals surface area (Å²) < 4.78 is 51.6. The minimum absolute atomic E-state index is 0.